The number of carboxylic acid groups (broad SMARTS) is 1. The number of carbonyl (C=O) groups excluding carboxylic acids is 3. The Kier molecular flexibility index (Phi) is 3.22. The first-order valence-corrected chi connectivity index (χ1v) is 9.01. The van der Waals surface area contributed by atoms with Crippen molar-refractivity contribution >= 4 is 34.5 Å². The highest BCUT2D eigenvalue weighted by Crippen LogP contribution is 2.45. The summed E-state index contributed by atoms with van der Waals surface area (Å²) in [7, 11) is 0. The van der Waals surface area contributed by atoms with Gasteiger partial charge in [-0.3, -0.25) is 4.79 Å². The number of carboxylic acids is 1. The van der Waals surface area contributed by atoms with Gasteiger partial charge in [-0.05, 0) is 31.0 Å². The van der Waals surface area contributed by atoms with Crippen LogP contribution in [0.4, 0.5) is 10.5 Å². The molecular formula is C21H16N3O4-. The molecule has 0 radical (unpaired) electrons. The molecule has 0 saturated carbocycles. The minimum absolute atomic E-state index is 0.0331. The third kappa shape index (κ3) is 1.90. The molecule has 1 N–H and O–H groups in total. The third-order valence-corrected chi connectivity index (χ3v) is 5.83. The number of anilines is 1. The number of hydrogen-bond acceptors (Lipinski definition) is 4. The number of nitrogens with zero attached hydrogens (tertiary/aromatic N) is 2. The number of carbonyl (C=O) groups is 3. The van der Waals surface area contributed by atoms with Gasteiger partial charge in [0, 0.05) is 23.0 Å². The molecule has 3 aromatic rings. The number of fused-ring (bicyclic) bond motifs is 5. The fourth-order valence-electron chi connectivity index (χ4n) is 4.45. The molecule has 2 aliphatic rings. The predicted octanol–water partition coefficient (Wildman–Crippen LogP) is 1.77. The molecule has 2 aliphatic heterocycles. The van der Waals surface area contributed by atoms with E-state index in [2.05, 4.69) is 4.98 Å². The topological polar surface area (TPSA) is 96.5 Å². The molecule has 2 aromatic carbocycles. The summed E-state index contributed by atoms with van der Waals surface area (Å²) in [5, 5.41) is 12.6. The maximum atomic E-state index is 13.5. The Morgan fingerprint density at radius 3 is 2.61 bits per heavy atom. The summed E-state index contributed by atoms with van der Waals surface area (Å²) in [5.41, 5.74) is 1.24. The van der Waals surface area contributed by atoms with Crippen LogP contribution in [0.3, 0.4) is 0 Å². The van der Waals surface area contributed by atoms with E-state index in [0.717, 1.165) is 21.4 Å². The van der Waals surface area contributed by atoms with Gasteiger partial charge < -0.3 is 19.8 Å². The van der Waals surface area contributed by atoms with Crippen LogP contribution in [-0.2, 0) is 16.8 Å². The zero-order valence-electron chi connectivity index (χ0n) is 15.1. The van der Waals surface area contributed by atoms with Gasteiger partial charge in [-0.2, -0.15) is 0 Å². The molecule has 1 fully saturated rings. The van der Waals surface area contributed by atoms with Gasteiger partial charge in [0.1, 0.15) is 0 Å². The molecule has 3 heterocycles. The maximum absolute atomic E-state index is 13.5. The zero-order chi connectivity index (χ0) is 19.6. The summed E-state index contributed by atoms with van der Waals surface area (Å²) < 4.78 is 0. The number of hydrogen-bond donors (Lipinski definition) is 1. The smallest absolute Gasteiger partial charge is 0.332 e. The Bertz CT molecular complexity index is 1180. The highest BCUT2D eigenvalue weighted by Gasteiger charge is 2.59. The number of amides is 3. The van der Waals surface area contributed by atoms with E-state index in [9.17, 15) is 19.5 Å². The van der Waals surface area contributed by atoms with E-state index in [4.69, 9.17) is 0 Å². The second-order valence-electron chi connectivity index (χ2n) is 7.23. The lowest BCUT2D eigenvalue weighted by Gasteiger charge is -2.35. The van der Waals surface area contributed by atoms with Crippen LogP contribution in [-0.4, -0.2) is 34.3 Å². The fourth-order valence-corrected chi connectivity index (χ4v) is 4.45. The van der Waals surface area contributed by atoms with Crippen LogP contribution < -0.4 is 10.0 Å². The maximum Gasteiger partial charge on any atom is 0.332 e. The summed E-state index contributed by atoms with van der Waals surface area (Å²) in [4.78, 5) is 44.0. The van der Waals surface area contributed by atoms with Gasteiger partial charge in [0.15, 0.2) is 5.54 Å². The predicted molar refractivity (Wildman–Crippen MR) is 99.7 cm³/mol. The van der Waals surface area contributed by atoms with Gasteiger partial charge in [-0.15, -0.1) is 0 Å². The van der Waals surface area contributed by atoms with Gasteiger partial charge in [-0.1, -0.05) is 36.4 Å². The molecular weight excluding hydrogens is 358 g/mol. The second kappa shape index (κ2) is 5.45. The normalized spacial score (nSPS) is 21.2. The molecule has 1 saturated heterocycles. The lowest BCUT2D eigenvalue weighted by atomic mass is 9.87. The number of aromatic carboxylic acids is 1. The zero-order valence-corrected chi connectivity index (χ0v) is 15.1. The van der Waals surface area contributed by atoms with Gasteiger partial charge in [0.25, 0.3) is 5.91 Å². The standard InChI is InChI=1S/C21H17N3O4/c1-21-17-13(12-6-2-4-8-15(12)22-17)10-11-23(21)20(28)24(19(21)27)16-9-5-3-7-14(16)18(25)26/h2-9,22H,10-11H2,1H3,(H,25,26)/p-1/t21-/m1/s1. The van der Waals surface area contributed by atoms with Crippen LogP contribution in [0.15, 0.2) is 48.5 Å². The first-order valence-electron chi connectivity index (χ1n) is 9.01. The number of para-hydroxylation sites is 2. The highest BCUT2D eigenvalue weighted by molar-refractivity contribution is 6.25. The van der Waals surface area contributed by atoms with Crippen molar-refractivity contribution < 1.29 is 19.5 Å². The number of aromatic nitrogens is 1. The molecule has 7 nitrogen and oxygen atoms in total. The van der Waals surface area contributed by atoms with Crippen molar-refractivity contribution in [1.82, 2.24) is 9.88 Å². The number of imide groups is 1. The first kappa shape index (κ1) is 16.6. The van der Waals surface area contributed by atoms with Crippen molar-refractivity contribution in [1.29, 1.82) is 0 Å². The molecule has 1 atom stereocenters. The first-order chi connectivity index (χ1) is 13.4. The van der Waals surface area contributed by atoms with Crippen molar-refractivity contribution in [2.75, 3.05) is 11.4 Å². The summed E-state index contributed by atoms with van der Waals surface area (Å²) in [6, 6.07) is 13.2. The fraction of sp³-hybridized carbons (Fsp3) is 0.190. The van der Waals surface area contributed by atoms with E-state index in [1.165, 1.54) is 23.1 Å². The number of nitrogens with one attached hydrogen (secondary N) is 1. The van der Waals surface area contributed by atoms with Crippen LogP contribution in [0.5, 0.6) is 0 Å². The number of rotatable bonds is 2. The molecule has 0 bridgehead atoms. The molecule has 0 spiro atoms. The lowest BCUT2D eigenvalue weighted by Crippen LogP contribution is -2.49. The van der Waals surface area contributed by atoms with Crippen LogP contribution in [0, 0.1) is 0 Å². The summed E-state index contributed by atoms with van der Waals surface area (Å²) in [5.74, 6) is -1.91. The van der Waals surface area contributed by atoms with Crippen LogP contribution >= 0.6 is 0 Å². The SMILES string of the molecule is C[C@@]12C(=O)N(c3ccccc3C(=O)[O-])C(=O)N1CCc1c2[nH]c2ccccc12. The Morgan fingerprint density at radius 1 is 1.11 bits per heavy atom. The Hall–Kier alpha value is -3.61. The van der Waals surface area contributed by atoms with Crippen molar-refractivity contribution in [2.45, 2.75) is 18.9 Å². The monoisotopic (exact) mass is 374 g/mol. The largest absolute Gasteiger partial charge is 0.545 e. The lowest BCUT2D eigenvalue weighted by molar-refractivity contribution is -0.254. The third-order valence-electron chi connectivity index (χ3n) is 5.83. The summed E-state index contributed by atoms with van der Waals surface area (Å²) in [6.07, 6.45) is 0.615. The van der Waals surface area contributed by atoms with Crippen molar-refractivity contribution in [3.05, 3.63) is 65.4 Å². The molecule has 28 heavy (non-hydrogen) atoms. The minimum atomic E-state index is -1.43. The Morgan fingerprint density at radius 2 is 1.82 bits per heavy atom. The average molecular weight is 374 g/mol. The van der Waals surface area contributed by atoms with Crippen LogP contribution in [0.2, 0.25) is 0 Å². The summed E-state index contributed by atoms with van der Waals surface area (Å²) in [6.45, 7) is 2.09. The molecule has 3 amide bonds. The van der Waals surface area contributed by atoms with Crippen LogP contribution in [0.25, 0.3) is 10.9 Å². The van der Waals surface area contributed by atoms with E-state index < -0.39 is 23.4 Å². The summed E-state index contributed by atoms with van der Waals surface area (Å²) >= 11 is 0. The van der Waals surface area contributed by atoms with E-state index in [1.807, 2.05) is 24.3 Å². The Balaban J connectivity index is 1.71. The second-order valence-corrected chi connectivity index (χ2v) is 7.23. The quantitative estimate of drug-likeness (QED) is 0.692. The molecule has 1 aromatic heterocycles. The molecule has 0 aliphatic carbocycles. The van der Waals surface area contributed by atoms with E-state index >= 15 is 0 Å². The molecule has 140 valence electrons. The number of benzene rings is 2. The van der Waals surface area contributed by atoms with Gasteiger partial charge >= 0.3 is 6.03 Å². The van der Waals surface area contributed by atoms with Crippen LogP contribution in [0.1, 0.15) is 28.5 Å². The van der Waals surface area contributed by atoms with Gasteiger partial charge in [0.2, 0.25) is 0 Å². The molecule has 7 heteroatoms. The van der Waals surface area contributed by atoms with E-state index in [0.29, 0.717) is 18.7 Å². The van der Waals surface area contributed by atoms with Crippen molar-refractivity contribution in [2.24, 2.45) is 0 Å². The van der Waals surface area contributed by atoms with E-state index in [-0.39, 0.29) is 11.3 Å². The number of H-pyrrole nitrogens is 1. The van der Waals surface area contributed by atoms with E-state index in [1.54, 1.807) is 13.0 Å². The van der Waals surface area contributed by atoms with Gasteiger partial charge in [-0.25, -0.2) is 9.69 Å². The molecule has 0 unspecified atom stereocenters. The minimum Gasteiger partial charge on any atom is -0.545 e. The molecule has 5 rings (SSSR count). The Labute approximate surface area is 160 Å². The highest BCUT2D eigenvalue weighted by atomic mass is 16.4. The number of aromatic amines is 1. The van der Waals surface area contributed by atoms with Crippen molar-refractivity contribution in [3.63, 3.8) is 0 Å². The number of urea groups is 1. The average Bonchev–Trinajstić information content (AvgIpc) is 3.16. The van der Waals surface area contributed by atoms with Crippen molar-refractivity contribution in [3.8, 4) is 0 Å². The van der Waals surface area contributed by atoms with Gasteiger partial charge in [0.05, 0.1) is 17.4 Å².